The fourth-order valence-electron chi connectivity index (χ4n) is 3.69. The Hall–Kier alpha value is -2.92. The van der Waals surface area contributed by atoms with Crippen molar-refractivity contribution < 1.29 is 18.0 Å². The number of amides is 2. The topological polar surface area (TPSA) is 86.8 Å². The Morgan fingerprint density at radius 1 is 0.892 bits per heavy atom. The summed E-state index contributed by atoms with van der Waals surface area (Å²) in [6.07, 6.45) is 0. The van der Waals surface area contributed by atoms with Crippen LogP contribution in [0.2, 0.25) is 0 Å². The molecule has 1 unspecified atom stereocenters. The van der Waals surface area contributed by atoms with Crippen molar-refractivity contribution in [2.45, 2.75) is 50.7 Å². The molecule has 9 heteroatoms. The molecular weight excluding hydrogens is 601 g/mol. The highest BCUT2D eigenvalue weighted by Gasteiger charge is 2.33. The first kappa shape index (κ1) is 28.6. The molecule has 0 saturated heterocycles. The first-order valence-corrected chi connectivity index (χ1v) is 14.4. The summed E-state index contributed by atoms with van der Waals surface area (Å²) in [4.78, 5) is 28.4. The molecule has 1 atom stereocenters. The van der Waals surface area contributed by atoms with E-state index in [1.54, 1.807) is 49.4 Å². The van der Waals surface area contributed by atoms with Gasteiger partial charge in [0.15, 0.2) is 0 Å². The van der Waals surface area contributed by atoms with Crippen molar-refractivity contribution in [2.24, 2.45) is 0 Å². The number of carbonyl (C=O) groups is 2. The van der Waals surface area contributed by atoms with Crippen molar-refractivity contribution in [1.29, 1.82) is 0 Å². The van der Waals surface area contributed by atoms with E-state index < -0.39 is 34.1 Å². The number of nitrogens with zero attached hydrogens (tertiary/aromatic N) is 2. The normalized spacial score (nSPS) is 12.5. The quantitative estimate of drug-likeness (QED) is 0.343. The highest BCUT2D eigenvalue weighted by molar-refractivity contribution is 14.1. The third-order valence-electron chi connectivity index (χ3n) is 5.59. The second-order valence-electron chi connectivity index (χ2n) is 9.72. The molecular formula is C28H32IN3O4S. The molecule has 2 amide bonds. The lowest BCUT2D eigenvalue weighted by molar-refractivity contribution is -0.140. The first-order chi connectivity index (χ1) is 17.4. The third kappa shape index (κ3) is 7.78. The van der Waals surface area contributed by atoms with Crippen LogP contribution in [0.1, 0.15) is 33.3 Å². The van der Waals surface area contributed by atoms with Gasteiger partial charge >= 0.3 is 0 Å². The predicted octanol–water partition coefficient (Wildman–Crippen LogP) is 4.82. The van der Waals surface area contributed by atoms with E-state index in [-0.39, 0.29) is 17.3 Å². The Labute approximate surface area is 233 Å². The van der Waals surface area contributed by atoms with Gasteiger partial charge in [-0.1, -0.05) is 48.5 Å². The van der Waals surface area contributed by atoms with Gasteiger partial charge in [0.1, 0.15) is 12.6 Å². The number of rotatable bonds is 9. The van der Waals surface area contributed by atoms with Gasteiger partial charge < -0.3 is 10.2 Å². The lowest BCUT2D eigenvalue weighted by atomic mass is 10.1. The van der Waals surface area contributed by atoms with Crippen LogP contribution in [0.3, 0.4) is 0 Å². The molecule has 0 saturated carbocycles. The average Bonchev–Trinajstić information content (AvgIpc) is 2.86. The summed E-state index contributed by atoms with van der Waals surface area (Å²) >= 11 is 2.14. The monoisotopic (exact) mass is 633 g/mol. The van der Waals surface area contributed by atoms with Crippen LogP contribution in [0.5, 0.6) is 0 Å². The van der Waals surface area contributed by atoms with Gasteiger partial charge in [-0.25, -0.2) is 8.42 Å². The molecule has 3 aromatic carbocycles. The van der Waals surface area contributed by atoms with E-state index in [2.05, 4.69) is 27.9 Å². The Morgan fingerprint density at radius 3 is 1.97 bits per heavy atom. The van der Waals surface area contributed by atoms with Gasteiger partial charge in [0.25, 0.3) is 10.0 Å². The van der Waals surface area contributed by atoms with Gasteiger partial charge in [0.2, 0.25) is 11.8 Å². The number of carbonyl (C=O) groups excluding carboxylic acids is 2. The van der Waals surface area contributed by atoms with E-state index in [0.29, 0.717) is 5.69 Å². The number of sulfonamides is 1. The Kier molecular flexibility index (Phi) is 9.36. The zero-order chi connectivity index (χ0) is 27.2. The lowest BCUT2D eigenvalue weighted by Crippen LogP contribution is -2.54. The van der Waals surface area contributed by atoms with Gasteiger partial charge in [-0.2, -0.15) is 0 Å². The van der Waals surface area contributed by atoms with Crippen molar-refractivity contribution in [3.63, 3.8) is 0 Å². The van der Waals surface area contributed by atoms with Crippen LogP contribution in [0, 0.1) is 3.57 Å². The van der Waals surface area contributed by atoms with Crippen LogP contribution in [-0.2, 0) is 26.2 Å². The van der Waals surface area contributed by atoms with E-state index in [1.807, 2.05) is 51.1 Å². The second-order valence-corrected chi connectivity index (χ2v) is 12.8. The van der Waals surface area contributed by atoms with Crippen molar-refractivity contribution in [3.05, 3.63) is 94.1 Å². The van der Waals surface area contributed by atoms with Crippen LogP contribution in [-0.4, -0.2) is 43.3 Å². The van der Waals surface area contributed by atoms with Gasteiger partial charge in [-0.15, -0.1) is 0 Å². The maximum absolute atomic E-state index is 13.8. The van der Waals surface area contributed by atoms with Gasteiger partial charge in [0, 0.05) is 15.7 Å². The maximum atomic E-state index is 13.8. The number of hydrogen-bond acceptors (Lipinski definition) is 4. The maximum Gasteiger partial charge on any atom is 0.264 e. The summed E-state index contributed by atoms with van der Waals surface area (Å²) in [6.45, 7) is 6.95. The number of hydrogen-bond donors (Lipinski definition) is 1. The van der Waals surface area contributed by atoms with Crippen LogP contribution >= 0.6 is 22.6 Å². The molecule has 0 bridgehead atoms. The first-order valence-electron chi connectivity index (χ1n) is 11.9. The Bertz CT molecular complexity index is 1310. The number of benzene rings is 3. The minimum absolute atomic E-state index is 0.0782. The van der Waals surface area contributed by atoms with Crippen LogP contribution in [0.15, 0.2) is 89.8 Å². The summed E-state index contributed by atoms with van der Waals surface area (Å²) in [6, 6.07) is 23.4. The zero-order valence-electron chi connectivity index (χ0n) is 21.4. The van der Waals surface area contributed by atoms with E-state index >= 15 is 0 Å². The molecule has 37 heavy (non-hydrogen) atoms. The van der Waals surface area contributed by atoms with E-state index in [9.17, 15) is 18.0 Å². The van der Waals surface area contributed by atoms with Gasteiger partial charge in [0.05, 0.1) is 10.6 Å². The molecule has 0 aliphatic rings. The molecule has 196 valence electrons. The van der Waals surface area contributed by atoms with Gasteiger partial charge in [-0.05, 0) is 92.2 Å². The standard InChI is InChI=1S/C28H32IN3O4S/c1-21(27(34)30-28(2,3)4)31(19-22-11-7-5-8-12-22)26(33)20-32(24-17-15-23(29)16-18-24)37(35,36)25-13-9-6-10-14-25/h5-18,21H,19-20H2,1-4H3,(H,30,34). The molecule has 1 N–H and O–H groups in total. The molecule has 7 nitrogen and oxygen atoms in total. The highest BCUT2D eigenvalue weighted by atomic mass is 127. The average molecular weight is 634 g/mol. The SMILES string of the molecule is CC(C(=O)NC(C)(C)C)N(Cc1ccccc1)C(=O)CN(c1ccc(I)cc1)S(=O)(=O)c1ccccc1. The zero-order valence-corrected chi connectivity index (χ0v) is 24.4. The van der Waals surface area contributed by atoms with Crippen molar-refractivity contribution in [2.75, 3.05) is 10.8 Å². The molecule has 0 radical (unpaired) electrons. The molecule has 0 aliphatic carbocycles. The fourth-order valence-corrected chi connectivity index (χ4v) is 5.49. The van der Waals surface area contributed by atoms with Crippen molar-refractivity contribution in [3.8, 4) is 0 Å². The molecule has 0 heterocycles. The largest absolute Gasteiger partial charge is 0.350 e. The molecule has 3 rings (SSSR count). The smallest absolute Gasteiger partial charge is 0.264 e. The third-order valence-corrected chi connectivity index (χ3v) is 8.09. The summed E-state index contributed by atoms with van der Waals surface area (Å²) < 4.78 is 29.4. The molecule has 3 aromatic rings. The van der Waals surface area contributed by atoms with Crippen molar-refractivity contribution >= 4 is 50.1 Å². The minimum atomic E-state index is -4.06. The summed E-state index contributed by atoms with van der Waals surface area (Å²) in [5, 5.41) is 2.92. The molecule has 0 aromatic heterocycles. The van der Waals surface area contributed by atoms with E-state index in [1.165, 1.54) is 17.0 Å². The predicted molar refractivity (Wildman–Crippen MR) is 154 cm³/mol. The fraction of sp³-hybridized carbons (Fsp3) is 0.286. The molecule has 0 spiro atoms. The number of anilines is 1. The summed E-state index contributed by atoms with van der Waals surface area (Å²) in [7, 11) is -4.06. The highest BCUT2D eigenvalue weighted by Crippen LogP contribution is 2.25. The second kappa shape index (κ2) is 12.1. The Morgan fingerprint density at radius 2 is 1.43 bits per heavy atom. The van der Waals surface area contributed by atoms with Crippen molar-refractivity contribution in [1.82, 2.24) is 10.2 Å². The summed E-state index contributed by atoms with van der Waals surface area (Å²) in [5.74, 6) is -0.804. The number of halogens is 1. The molecule has 0 fully saturated rings. The molecule has 0 aliphatic heterocycles. The van der Waals surface area contributed by atoms with Gasteiger partial charge in [-0.3, -0.25) is 13.9 Å². The summed E-state index contributed by atoms with van der Waals surface area (Å²) in [5.41, 5.74) is 0.707. The minimum Gasteiger partial charge on any atom is -0.350 e. The van der Waals surface area contributed by atoms with Crippen LogP contribution < -0.4 is 9.62 Å². The van der Waals surface area contributed by atoms with Crippen LogP contribution in [0.25, 0.3) is 0 Å². The lowest BCUT2D eigenvalue weighted by Gasteiger charge is -2.33. The Balaban J connectivity index is 2.00. The van der Waals surface area contributed by atoms with E-state index in [0.717, 1.165) is 13.4 Å². The van der Waals surface area contributed by atoms with E-state index in [4.69, 9.17) is 0 Å². The van der Waals surface area contributed by atoms with Crippen LogP contribution in [0.4, 0.5) is 5.69 Å². The number of nitrogens with one attached hydrogen (secondary N) is 1.